The van der Waals surface area contributed by atoms with Crippen LogP contribution in [0.1, 0.15) is 18.4 Å². The zero-order chi connectivity index (χ0) is 17.3. The van der Waals surface area contributed by atoms with Crippen molar-refractivity contribution in [3.8, 4) is 22.8 Å². The van der Waals surface area contributed by atoms with Crippen LogP contribution in [0.4, 0.5) is 0 Å². The predicted octanol–water partition coefficient (Wildman–Crippen LogP) is 3.01. The van der Waals surface area contributed by atoms with Crippen molar-refractivity contribution in [1.82, 2.24) is 35.0 Å². The van der Waals surface area contributed by atoms with Crippen molar-refractivity contribution in [2.45, 2.75) is 19.4 Å². The number of imidazole rings is 1. The van der Waals surface area contributed by atoms with Gasteiger partial charge in [0.1, 0.15) is 11.2 Å². The van der Waals surface area contributed by atoms with Gasteiger partial charge in [-0.2, -0.15) is 5.10 Å². The molecule has 0 spiro atoms. The molecule has 0 atom stereocenters. The number of aromatic nitrogens is 6. The second kappa shape index (κ2) is 6.34. The normalized spacial score (nSPS) is 15.1. The molecule has 130 valence electrons. The average molecular weight is 345 g/mol. The first-order chi connectivity index (χ1) is 12.8. The number of aromatic amines is 2. The molecule has 4 aromatic rings. The fraction of sp³-hybridized carbons (Fsp3) is 0.263. The van der Waals surface area contributed by atoms with Crippen LogP contribution in [0, 0.1) is 0 Å². The van der Waals surface area contributed by atoms with Gasteiger partial charge in [-0.1, -0.05) is 0 Å². The van der Waals surface area contributed by atoms with Crippen LogP contribution < -0.4 is 0 Å². The summed E-state index contributed by atoms with van der Waals surface area (Å²) in [6, 6.07) is 7.99. The van der Waals surface area contributed by atoms with Gasteiger partial charge in [-0.15, -0.1) is 0 Å². The molecule has 1 saturated heterocycles. The standard InChI is InChI=1S/C19H19N7/c1-2-7-26(6-1)12-13-8-14(11-20-10-13)16-9-17(25-24-16)19-22-15-4-3-5-21-18(15)23-19/h3-5,8-11H,1-2,6-7,12H2,(H,24,25)(H,21,22,23). The Labute approximate surface area is 150 Å². The molecular weight excluding hydrogens is 326 g/mol. The fourth-order valence-corrected chi connectivity index (χ4v) is 3.48. The van der Waals surface area contributed by atoms with Crippen LogP contribution in [0.3, 0.4) is 0 Å². The molecule has 7 nitrogen and oxygen atoms in total. The third-order valence-electron chi connectivity index (χ3n) is 4.79. The Morgan fingerprint density at radius 2 is 2.04 bits per heavy atom. The summed E-state index contributed by atoms with van der Waals surface area (Å²) in [5.41, 5.74) is 5.57. The Hall–Kier alpha value is -3.06. The first-order valence-corrected chi connectivity index (χ1v) is 8.88. The molecular formula is C19H19N7. The van der Waals surface area contributed by atoms with Gasteiger partial charge < -0.3 is 4.98 Å². The molecule has 0 aromatic carbocycles. The van der Waals surface area contributed by atoms with E-state index in [9.17, 15) is 0 Å². The zero-order valence-corrected chi connectivity index (χ0v) is 14.3. The summed E-state index contributed by atoms with van der Waals surface area (Å²) in [6.07, 6.45) is 8.15. The van der Waals surface area contributed by atoms with Gasteiger partial charge in [-0.05, 0) is 55.8 Å². The smallest absolute Gasteiger partial charge is 0.160 e. The van der Waals surface area contributed by atoms with E-state index in [1.54, 1.807) is 6.20 Å². The molecule has 0 bridgehead atoms. The molecule has 0 radical (unpaired) electrons. The van der Waals surface area contributed by atoms with Gasteiger partial charge in [0, 0.05) is 30.7 Å². The van der Waals surface area contributed by atoms with Crippen molar-refractivity contribution < 1.29 is 0 Å². The van der Waals surface area contributed by atoms with Crippen molar-refractivity contribution >= 4 is 11.2 Å². The molecule has 0 unspecified atom stereocenters. The summed E-state index contributed by atoms with van der Waals surface area (Å²) in [4.78, 5) is 18.9. The quantitative estimate of drug-likeness (QED) is 0.594. The highest BCUT2D eigenvalue weighted by molar-refractivity contribution is 5.75. The molecule has 5 rings (SSSR count). The molecule has 1 aliphatic heterocycles. The summed E-state index contributed by atoms with van der Waals surface area (Å²) >= 11 is 0. The highest BCUT2D eigenvalue weighted by Crippen LogP contribution is 2.24. The van der Waals surface area contributed by atoms with E-state index in [-0.39, 0.29) is 0 Å². The molecule has 7 heteroatoms. The van der Waals surface area contributed by atoms with Crippen LogP contribution in [0.5, 0.6) is 0 Å². The maximum Gasteiger partial charge on any atom is 0.160 e. The van der Waals surface area contributed by atoms with Gasteiger partial charge in [-0.25, -0.2) is 9.97 Å². The number of H-pyrrole nitrogens is 2. The molecule has 1 fully saturated rings. The van der Waals surface area contributed by atoms with Gasteiger partial charge in [0.2, 0.25) is 0 Å². The van der Waals surface area contributed by atoms with Crippen LogP contribution in [-0.2, 0) is 6.54 Å². The second-order valence-electron chi connectivity index (χ2n) is 6.69. The number of rotatable bonds is 4. The van der Waals surface area contributed by atoms with Gasteiger partial charge >= 0.3 is 0 Å². The maximum absolute atomic E-state index is 4.55. The van der Waals surface area contributed by atoms with Gasteiger partial charge in [0.15, 0.2) is 11.5 Å². The highest BCUT2D eigenvalue weighted by atomic mass is 15.1. The van der Waals surface area contributed by atoms with Crippen LogP contribution in [0.25, 0.3) is 33.9 Å². The maximum atomic E-state index is 4.55. The lowest BCUT2D eigenvalue weighted by molar-refractivity contribution is 0.331. The van der Waals surface area contributed by atoms with E-state index in [0.29, 0.717) is 5.82 Å². The lowest BCUT2D eigenvalue weighted by atomic mass is 10.1. The summed E-state index contributed by atoms with van der Waals surface area (Å²) in [6.45, 7) is 3.31. The van der Waals surface area contributed by atoms with E-state index >= 15 is 0 Å². The van der Waals surface area contributed by atoms with Gasteiger partial charge in [0.25, 0.3) is 0 Å². The molecule has 4 aromatic heterocycles. The minimum Gasteiger partial charge on any atom is -0.321 e. The van der Waals surface area contributed by atoms with E-state index in [1.165, 1.54) is 31.5 Å². The lowest BCUT2D eigenvalue weighted by Gasteiger charge is -2.14. The summed E-state index contributed by atoms with van der Waals surface area (Å²) in [7, 11) is 0. The van der Waals surface area contributed by atoms with E-state index < -0.39 is 0 Å². The minimum atomic E-state index is 0.711. The number of hydrogen-bond acceptors (Lipinski definition) is 5. The third kappa shape index (κ3) is 2.86. The SMILES string of the molecule is c1cnc2[nH]c(-c3cc(-c4cncc(CN5CCCC5)c4)[nH]n3)nc2c1. The summed E-state index contributed by atoms with van der Waals surface area (Å²) in [5, 5.41) is 7.51. The number of likely N-dealkylation sites (tertiary alicyclic amines) is 1. The number of fused-ring (bicyclic) bond motifs is 1. The Morgan fingerprint density at radius 1 is 1.12 bits per heavy atom. The van der Waals surface area contributed by atoms with E-state index in [0.717, 1.165) is 34.7 Å². The fourth-order valence-electron chi connectivity index (χ4n) is 3.48. The summed E-state index contributed by atoms with van der Waals surface area (Å²) in [5.74, 6) is 0.711. The van der Waals surface area contributed by atoms with E-state index in [2.05, 4.69) is 41.1 Å². The zero-order valence-electron chi connectivity index (χ0n) is 14.3. The molecule has 0 amide bonds. The lowest BCUT2D eigenvalue weighted by Crippen LogP contribution is -2.18. The van der Waals surface area contributed by atoms with Crippen LogP contribution in [0.2, 0.25) is 0 Å². The van der Waals surface area contributed by atoms with Crippen molar-refractivity contribution in [3.63, 3.8) is 0 Å². The number of nitrogens with one attached hydrogen (secondary N) is 2. The highest BCUT2D eigenvalue weighted by Gasteiger charge is 2.14. The van der Waals surface area contributed by atoms with Gasteiger partial charge in [-0.3, -0.25) is 15.0 Å². The Morgan fingerprint density at radius 3 is 2.92 bits per heavy atom. The number of pyridine rings is 2. The molecule has 0 saturated carbocycles. The van der Waals surface area contributed by atoms with Crippen molar-refractivity contribution in [2.75, 3.05) is 13.1 Å². The molecule has 0 aliphatic carbocycles. The number of hydrogen-bond donors (Lipinski definition) is 2. The molecule has 1 aliphatic rings. The average Bonchev–Trinajstić information content (AvgIpc) is 3.41. The Balaban J connectivity index is 1.42. The largest absolute Gasteiger partial charge is 0.321 e. The van der Waals surface area contributed by atoms with Crippen molar-refractivity contribution in [2.24, 2.45) is 0 Å². The van der Waals surface area contributed by atoms with Crippen LogP contribution in [0.15, 0.2) is 42.9 Å². The van der Waals surface area contributed by atoms with Crippen molar-refractivity contribution in [3.05, 3.63) is 48.4 Å². The van der Waals surface area contributed by atoms with E-state index in [4.69, 9.17) is 0 Å². The topological polar surface area (TPSA) is 86.4 Å². The molecule has 2 N–H and O–H groups in total. The van der Waals surface area contributed by atoms with Gasteiger partial charge in [0.05, 0.1) is 5.69 Å². The first-order valence-electron chi connectivity index (χ1n) is 8.88. The Bertz CT molecular complexity index is 1010. The minimum absolute atomic E-state index is 0.711. The first kappa shape index (κ1) is 15.2. The summed E-state index contributed by atoms with van der Waals surface area (Å²) < 4.78 is 0. The second-order valence-corrected chi connectivity index (χ2v) is 6.69. The van der Waals surface area contributed by atoms with Crippen molar-refractivity contribution in [1.29, 1.82) is 0 Å². The molecule has 5 heterocycles. The van der Waals surface area contributed by atoms with E-state index in [1.807, 2.05) is 30.6 Å². The Kier molecular flexibility index (Phi) is 3.71. The van der Waals surface area contributed by atoms with Crippen LogP contribution >= 0.6 is 0 Å². The number of nitrogens with zero attached hydrogens (tertiary/aromatic N) is 5. The third-order valence-corrected chi connectivity index (χ3v) is 4.79. The van der Waals surface area contributed by atoms with Crippen LogP contribution in [-0.4, -0.2) is 48.1 Å². The predicted molar refractivity (Wildman–Crippen MR) is 99.2 cm³/mol. The monoisotopic (exact) mass is 345 g/mol. The molecule has 26 heavy (non-hydrogen) atoms.